The molecule has 0 aromatic heterocycles. The van der Waals surface area contributed by atoms with Gasteiger partial charge in [-0.15, -0.1) is 0 Å². The average molecular weight is 436 g/mol. The van der Waals surface area contributed by atoms with E-state index in [2.05, 4.69) is 20.8 Å². The first kappa shape index (κ1) is 17.4. The smallest absolute Gasteiger partial charge is 0.337 e. The summed E-state index contributed by atoms with van der Waals surface area (Å²) in [7, 11) is 0. The van der Waals surface area contributed by atoms with Crippen molar-refractivity contribution in [3.63, 3.8) is 0 Å². The molecular weight excluding hydrogens is 418 g/mol. The van der Waals surface area contributed by atoms with Gasteiger partial charge in [0, 0.05) is 33.8 Å². The Balaban J connectivity index is 1.77. The maximum atomic E-state index is 13.1. The van der Waals surface area contributed by atoms with Crippen molar-refractivity contribution in [2.75, 3.05) is 11.5 Å². The number of para-hydroxylation sites is 1. The van der Waals surface area contributed by atoms with Crippen LogP contribution in [0.15, 0.2) is 81.6 Å². The van der Waals surface area contributed by atoms with E-state index in [0.717, 1.165) is 45.5 Å². The molecule has 2 aliphatic heterocycles. The third kappa shape index (κ3) is 2.65. The fraction of sp³-hybridized carbons (Fsp3) is 0.217. The van der Waals surface area contributed by atoms with E-state index in [9.17, 15) is 9.59 Å². The van der Waals surface area contributed by atoms with Crippen molar-refractivity contribution in [2.45, 2.75) is 25.2 Å². The van der Waals surface area contributed by atoms with E-state index in [1.54, 1.807) is 0 Å². The van der Waals surface area contributed by atoms with Crippen LogP contribution in [0.2, 0.25) is 0 Å². The Morgan fingerprint density at radius 1 is 0.893 bits per heavy atom. The predicted molar refractivity (Wildman–Crippen MR) is 110 cm³/mol. The highest BCUT2D eigenvalue weighted by Gasteiger charge is 2.46. The van der Waals surface area contributed by atoms with Gasteiger partial charge in [-0.1, -0.05) is 46.3 Å². The molecule has 1 aliphatic carbocycles. The molecule has 0 saturated carbocycles. The lowest BCUT2D eigenvalue weighted by Gasteiger charge is -2.39. The van der Waals surface area contributed by atoms with E-state index in [-0.39, 0.29) is 24.3 Å². The lowest BCUT2D eigenvalue weighted by Crippen LogP contribution is -2.36. The number of hydrogen-bond donors (Lipinski definition) is 0. The number of halogens is 1. The fourth-order valence-electron chi connectivity index (χ4n) is 4.47. The molecule has 4 nitrogen and oxygen atoms in total. The summed E-state index contributed by atoms with van der Waals surface area (Å²) in [5, 5.41) is 0. The minimum atomic E-state index is -0.360. The highest BCUT2D eigenvalue weighted by atomic mass is 79.9. The number of nitrogens with zero attached hydrogens (tertiary/aromatic N) is 1. The second-order valence-corrected chi connectivity index (χ2v) is 8.14. The van der Waals surface area contributed by atoms with Gasteiger partial charge >= 0.3 is 5.97 Å². The average Bonchev–Trinajstić information content (AvgIpc) is 3.09. The lowest BCUT2D eigenvalue weighted by atomic mass is 9.75. The number of ketones is 1. The second-order valence-electron chi connectivity index (χ2n) is 7.23. The molecule has 2 heterocycles. The summed E-state index contributed by atoms with van der Waals surface area (Å²) in [5.74, 6) is -0.559. The molecule has 1 unspecified atom stereocenters. The molecule has 0 radical (unpaired) electrons. The molecule has 1 atom stereocenters. The molecule has 5 rings (SSSR count). The summed E-state index contributed by atoms with van der Waals surface area (Å²) in [5.41, 5.74) is 5.12. The quantitative estimate of drug-likeness (QED) is 0.631. The molecule has 0 spiro atoms. The summed E-state index contributed by atoms with van der Waals surface area (Å²) in [4.78, 5) is 27.9. The van der Waals surface area contributed by atoms with Crippen molar-refractivity contribution in [2.24, 2.45) is 0 Å². The van der Waals surface area contributed by atoms with Gasteiger partial charge in [-0.3, -0.25) is 4.79 Å². The van der Waals surface area contributed by atoms with Crippen LogP contribution in [0.5, 0.6) is 0 Å². The maximum absolute atomic E-state index is 13.1. The van der Waals surface area contributed by atoms with Gasteiger partial charge < -0.3 is 9.64 Å². The van der Waals surface area contributed by atoms with E-state index >= 15 is 0 Å². The third-order valence-electron chi connectivity index (χ3n) is 5.63. The standard InChI is InChI=1S/C23H18BrNO3/c24-15-11-9-14(10-12-15)20-21-17(7-4-8-19(21)26)25(16-5-2-1-3-6-16)18-13-28-23(27)22(18)20/h1-3,5-6,9-12,20H,4,7-8,13H2. The number of cyclic esters (lactones) is 1. The van der Waals surface area contributed by atoms with Crippen molar-refractivity contribution >= 4 is 33.4 Å². The van der Waals surface area contributed by atoms with Gasteiger partial charge in [0.1, 0.15) is 6.61 Å². The third-order valence-corrected chi connectivity index (χ3v) is 6.16. The topological polar surface area (TPSA) is 46.6 Å². The molecule has 3 aliphatic rings. The van der Waals surface area contributed by atoms with Crippen LogP contribution in [0.4, 0.5) is 5.69 Å². The van der Waals surface area contributed by atoms with Crippen LogP contribution in [-0.2, 0) is 14.3 Å². The van der Waals surface area contributed by atoms with Crippen LogP contribution in [0.1, 0.15) is 30.7 Å². The Morgan fingerprint density at radius 2 is 1.64 bits per heavy atom. The van der Waals surface area contributed by atoms with Gasteiger partial charge in [0.05, 0.1) is 11.3 Å². The Hall–Kier alpha value is -2.66. The van der Waals surface area contributed by atoms with Gasteiger partial charge in [0.15, 0.2) is 5.78 Å². The molecule has 0 N–H and O–H groups in total. The number of ether oxygens (including phenoxy) is 1. The number of esters is 1. The van der Waals surface area contributed by atoms with E-state index < -0.39 is 0 Å². The zero-order chi connectivity index (χ0) is 19.3. The number of hydrogen-bond acceptors (Lipinski definition) is 4. The summed E-state index contributed by atoms with van der Waals surface area (Å²) in [6.45, 7) is 0.237. The van der Waals surface area contributed by atoms with E-state index in [1.165, 1.54) is 0 Å². The van der Waals surface area contributed by atoms with Gasteiger partial charge in [-0.05, 0) is 42.7 Å². The number of benzene rings is 2. The van der Waals surface area contributed by atoms with Crippen molar-refractivity contribution in [1.82, 2.24) is 0 Å². The largest absolute Gasteiger partial charge is 0.456 e. The Bertz CT molecular complexity index is 1040. The van der Waals surface area contributed by atoms with Gasteiger partial charge in [0.25, 0.3) is 0 Å². The van der Waals surface area contributed by atoms with Crippen LogP contribution >= 0.6 is 15.9 Å². The fourth-order valence-corrected chi connectivity index (χ4v) is 4.73. The number of allylic oxidation sites excluding steroid dienone is 2. The zero-order valence-electron chi connectivity index (χ0n) is 15.2. The molecule has 2 aromatic rings. The molecular formula is C23H18BrNO3. The van der Waals surface area contributed by atoms with Gasteiger partial charge in [0.2, 0.25) is 0 Å². The van der Waals surface area contributed by atoms with Crippen molar-refractivity contribution < 1.29 is 14.3 Å². The van der Waals surface area contributed by atoms with E-state index in [0.29, 0.717) is 12.0 Å². The Kier molecular flexibility index (Phi) is 4.20. The van der Waals surface area contributed by atoms with Crippen LogP contribution in [0.3, 0.4) is 0 Å². The van der Waals surface area contributed by atoms with E-state index in [4.69, 9.17) is 4.74 Å². The molecule has 28 heavy (non-hydrogen) atoms. The van der Waals surface area contributed by atoms with Gasteiger partial charge in [-0.25, -0.2) is 4.79 Å². The monoisotopic (exact) mass is 435 g/mol. The number of Topliss-reactive ketones (excluding diaryl/α,β-unsaturated/α-hetero) is 1. The summed E-state index contributed by atoms with van der Waals surface area (Å²) >= 11 is 3.47. The number of carbonyl (C=O) groups is 2. The normalized spacial score (nSPS) is 21.6. The van der Waals surface area contributed by atoms with Crippen LogP contribution in [-0.4, -0.2) is 18.4 Å². The first-order chi connectivity index (χ1) is 13.6. The summed E-state index contributed by atoms with van der Waals surface area (Å²) in [6, 6.07) is 17.8. The van der Waals surface area contributed by atoms with Crippen LogP contribution in [0.25, 0.3) is 0 Å². The van der Waals surface area contributed by atoms with Crippen molar-refractivity contribution in [3.05, 3.63) is 87.2 Å². The molecule has 0 saturated heterocycles. The molecule has 2 aromatic carbocycles. The first-order valence-electron chi connectivity index (χ1n) is 9.42. The lowest BCUT2D eigenvalue weighted by molar-refractivity contribution is -0.136. The minimum absolute atomic E-state index is 0.126. The SMILES string of the molecule is O=C1CCCC2=C1C(c1ccc(Br)cc1)C1=C(COC1=O)N2c1ccccc1. The van der Waals surface area contributed by atoms with Crippen LogP contribution in [0, 0.1) is 0 Å². The molecule has 0 fully saturated rings. The zero-order valence-corrected chi connectivity index (χ0v) is 16.7. The minimum Gasteiger partial charge on any atom is -0.456 e. The number of rotatable bonds is 2. The highest BCUT2D eigenvalue weighted by Crippen LogP contribution is 2.49. The highest BCUT2D eigenvalue weighted by molar-refractivity contribution is 9.10. The van der Waals surface area contributed by atoms with Gasteiger partial charge in [-0.2, -0.15) is 0 Å². The molecule has 5 heteroatoms. The van der Waals surface area contributed by atoms with Crippen molar-refractivity contribution in [3.8, 4) is 0 Å². The first-order valence-corrected chi connectivity index (χ1v) is 10.2. The van der Waals surface area contributed by atoms with E-state index in [1.807, 2.05) is 54.6 Å². The second kappa shape index (κ2) is 6.74. The summed E-state index contributed by atoms with van der Waals surface area (Å²) in [6.07, 6.45) is 2.16. The Morgan fingerprint density at radius 3 is 2.39 bits per heavy atom. The summed E-state index contributed by atoms with van der Waals surface area (Å²) < 4.78 is 6.43. The van der Waals surface area contributed by atoms with Crippen LogP contribution < -0.4 is 4.90 Å². The molecule has 0 bridgehead atoms. The molecule has 140 valence electrons. The predicted octanol–water partition coefficient (Wildman–Crippen LogP) is 4.87. The number of carbonyl (C=O) groups excluding carboxylic acids is 2. The van der Waals surface area contributed by atoms with Crippen molar-refractivity contribution in [1.29, 1.82) is 0 Å². The number of anilines is 1. The maximum Gasteiger partial charge on any atom is 0.337 e. The Labute approximate surface area is 171 Å². The molecule has 0 amide bonds.